The molecule has 2 aromatic carbocycles. The van der Waals surface area contributed by atoms with Crippen molar-refractivity contribution in [3.8, 4) is 5.75 Å². The first-order chi connectivity index (χ1) is 9.16. The number of benzene rings is 2. The summed E-state index contributed by atoms with van der Waals surface area (Å²) < 4.78 is 0. The van der Waals surface area contributed by atoms with E-state index in [-0.39, 0.29) is 5.75 Å². The van der Waals surface area contributed by atoms with Gasteiger partial charge in [0.05, 0.1) is 6.10 Å². The summed E-state index contributed by atoms with van der Waals surface area (Å²) in [6, 6.07) is 15.0. The van der Waals surface area contributed by atoms with Crippen LogP contribution in [0.15, 0.2) is 48.5 Å². The number of nitrogens with one attached hydrogen (secondary N) is 1. The number of hydrogen-bond acceptors (Lipinski definition) is 3. The first-order valence-corrected chi connectivity index (χ1v) is 6.39. The van der Waals surface area contributed by atoms with E-state index >= 15 is 0 Å². The van der Waals surface area contributed by atoms with Crippen LogP contribution < -0.4 is 5.32 Å². The van der Waals surface area contributed by atoms with Gasteiger partial charge in [-0.15, -0.1) is 0 Å². The van der Waals surface area contributed by atoms with E-state index < -0.39 is 6.10 Å². The standard InChI is InChI=1S/C16H19NO2/c1-12-7-8-15(18)14(9-12)10-17-11-16(19)13-5-3-2-4-6-13/h2-9,16-19H,10-11H2,1H3. The highest BCUT2D eigenvalue weighted by Crippen LogP contribution is 2.18. The molecule has 2 aromatic rings. The van der Waals surface area contributed by atoms with E-state index in [0.717, 1.165) is 16.7 Å². The predicted molar refractivity (Wildman–Crippen MR) is 76.0 cm³/mol. The van der Waals surface area contributed by atoms with Crippen molar-refractivity contribution >= 4 is 0 Å². The molecule has 3 heteroatoms. The summed E-state index contributed by atoms with van der Waals surface area (Å²) in [7, 11) is 0. The molecule has 0 saturated heterocycles. The van der Waals surface area contributed by atoms with Crippen molar-refractivity contribution in [3.05, 3.63) is 65.2 Å². The topological polar surface area (TPSA) is 52.5 Å². The minimum Gasteiger partial charge on any atom is -0.508 e. The Bertz CT molecular complexity index is 526. The lowest BCUT2D eigenvalue weighted by Gasteiger charge is -2.13. The molecular weight excluding hydrogens is 238 g/mol. The smallest absolute Gasteiger partial charge is 0.120 e. The molecule has 1 unspecified atom stereocenters. The van der Waals surface area contributed by atoms with Crippen molar-refractivity contribution in [1.82, 2.24) is 5.32 Å². The molecular formula is C16H19NO2. The number of phenolic OH excluding ortho intramolecular Hbond substituents is 1. The second-order valence-electron chi connectivity index (χ2n) is 4.69. The monoisotopic (exact) mass is 257 g/mol. The minimum absolute atomic E-state index is 0.285. The Morgan fingerprint density at radius 3 is 2.58 bits per heavy atom. The van der Waals surface area contributed by atoms with E-state index in [9.17, 15) is 10.2 Å². The molecule has 2 rings (SSSR count). The van der Waals surface area contributed by atoms with Crippen LogP contribution in [0.25, 0.3) is 0 Å². The normalized spacial score (nSPS) is 12.3. The predicted octanol–water partition coefficient (Wildman–Crippen LogP) is 2.52. The Balaban J connectivity index is 1.88. The zero-order valence-electron chi connectivity index (χ0n) is 11.0. The van der Waals surface area contributed by atoms with E-state index in [2.05, 4.69) is 5.32 Å². The van der Waals surface area contributed by atoms with Crippen molar-refractivity contribution in [2.45, 2.75) is 19.6 Å². The van der Waals surface area contributed by atoms with E-state index in [1.165, 1.54) is 0 Å². The van der Waals surface area contributed by atoms with Gasteiger partial charge < -0.3 is 15.5 Å². The molecule has 0 aliphatic heterocycles. The molecule has 3 N–H and O–H groups in total. The number of aliphatic hydroxyl groups excluding tert-OH is 1. The zero-order chi connectivity index (χ0) is 13.7. The SMILES string of the molecule is Cc1ccc(O)c(CNCC(O)c2ccccc2)c1. The van der Waals surface area contributed by atoms with Crippen molar-refractivity contribution < 1.29 is 10.2 Å². The molecule has 0 heterocycles. The van der Waals surface area contributed by atoms with E-state index in [1.54, 1.807) is 6.07 Å². The lowest BCUT2D eigenvalue weighted by molar-refractivity contribution is 0.174. The van der Waals surface area contributed by atoms with Crippen LogP contribution >= 0.6 is 0 Å². The Morgan fingerprint density at radius 2 is 1.84 bits per heavy atom. The first kappa shape index (κ1) is 13.6. The molecule has 1 atom stereocenters. The van der Waals surface area contributed by atoms with Gasteiger partial charge in [-0.3, -0.25) is 0 Å². The number of aromatic hydroxyl groups is 1. The van der Waals surface area contributed by atoms with Gasteiger partial charge in [-0.2, -0.15) is 0 Å². The summed E-state index contributed by atoms with van der Waals surface area (Å²) in [4.78, 5) is 0. The van der Waals surface area contributed by atoms with Crippen LogP contribution in [0.4, 0.5) is 0 Å². The Kier molecular flexibility index (Phi) is 4.55. The van der Waals surface area contributed by atoms with Crippen LogP contribution in [0.2, 0.25) is 0 Å². The summed E-state index contributed by atoms with van der Waals surface area (Å²) in [5.41, 5.74) is 2.85. The summed E-state index contributed by atoms with van der Waals surface area (Å²) in [5, 5.41) is 22.9. The summed E-state index contributed by atoms with van der Waals surface area (Å²) in [6.07, 6.45) is -0.534. The number of rotatable bonds is 5. The summed E-state index contributed by atoms with van der Waals surface area (Å²) in [5.74, 6) is 0.285. The maximum absolute atomic E-state index is 10.00. The largest absolute Gasteiger partial charge is 0.508 e. The first-order valence-electron chi connectivity index (χ1n) is 6.39. The van der Waals surface area contributed by atoms with Gasteiger partial charge in [-0.25, -0.2) is 0 Å². The molecule has 100 valence electrons. The van der Waals surface area contributed by atoms with E-state index in [4.69, 9.17) is 0 Å². The number of hydrogen-bond donors (Lipinski definition) is 3. The maximum Gasteiger partial charge on any atom is 0.120 e. The fraction of sp³-hybridized carbons (Fsp3) is 0.250. The molecule has 0 aromatic heterocycles. The molecule has 0 fully saturated rings. The van der Waals surface area contributed by atoms with Crippen molar-refractivity contribution in [3.63, 3.8) is 0 Å². The van der Waals surface area contributed by atoms with Gasteiger partial charge in [0, 0.05) is 18.7 Å². The van der Waals surface area contributed by atoms with Crippen molar-refractivity contribution in [1.29, 1.82) is 0 Å². The molecule has 0 saturated carbocycles. The van der Waals surface area contributed by atoms with Gasteiger partial charge in [0.1, 0.15) is 5.75 Å². The van der Waals surface area contributed by atoms with Gasteiger partial charge >= 0.3 is 0 Å². The molecule has 0 aliphatic carbocycles. The Morgan fingerprint density at radius 1 is 1.11 bits per heavy atom. The highest BCUT2D eigenvalue weighted by molar-refractivity contribution is 5.35. The molecule has 0 spiro atoms. The third kappa shape index (κ3) is 3.81. The molecule has 19 heavy (non-hydrogen) atoms. The second-order valence-corrected chi connectivity index (χ2v) is 4.69. The lowest BCUT2D eigenvalue weighted by Crippen LogP contribution is -2.21. The quantitative estimate of drug-likeness (QED) is 0.771. The van der Waals surface area contributed by atoms with Crippen molar-refractivity contribution in [2.24, 2.45) is 0 Å². The highest BCUT2D eigenvalue weighted by Gasteiger charge is 2.07. The average molecular weight is 257 g/mol. The number of phenols is 1. The van der Waals surface area contributed by atoms with Crippen molar-refractivity contribution in [2.75, 3.05) is 6.54 Å². The van der Waals surface area contributed by atoms with E-state index in [0.29, 0.717) is 13.1 Å². The van der Waals surface area contributed by atoms with Crippen LogP contribution in [-0.2, 0) is 6.54 Å². The second kappa shape index (κ2) is 6.36. The Labute approximate surface area is 113 Å². The third-order valence-electron chi connectivity index (χ3n) is 3.07. The van der Waals surface area contributed by atoms with Crippen LogP contribution in [-0.4, -0.2) is 16.8 Å². The number of aliphatic hydroxyl groups is 1. The fourth-order valence-corrected chi connectivity index (χ4v) is 1.99. The Hall–Kier alpha value is -1.84. The maximum atomic E-state index is 10.00. The third-order valence-corrected chi connectivity index (χ3v) is 3.07. The van der Waals surface area contributed by atoms with Crippen LogP contribution in [0.1, 0.15) is 22.8 Å². The zero-order valence-corrected chi connectivity index (χ0v) is 11.0. The molecule has 0 amide bonds. The highest BCUT2D eigenvalue weighted by atomic mass is 16.3. The van der Waals surface area contributed by atoms with Crippen LogP contribution in [0.3, 0.4) is 0 Å². The van der Waals surface area contributed by atoms with E-state index in [1.807, 2.05) is 49.4 Å². The minimum atomic E-state index is -0.534. The lowest BCUT2D eigenvalue weighted by atomic mass is 10.1. The molecule has 0 bridgehead atoms. The average Bonchev–Trinajstić information content (AvgIpc) is 2.43. The number of aryl methyl sites for hydroxylation is 1. The molecule has 0 radical (unpaired) electrons. The van der Waals surface area contributed by atoms with Gasteiger partial charge in [-0.1, -0.05) is 48.0 Å². The summed E-state index contributed by atoms with van der Waals surface area (Å²) in [6.45, 7) is 2.98. The van der Waals surface area contributed by atoms with Gasteiger partial charge in [-0.05, 0) is 18.6 Å². The van der Waals surface area contributed by atoms with Gasteiger partial charge in [0.25, 0.3) is 0 Å². The van der Waals surface area contributed by atoms with Crippen LogP contribution in [0, 0.1) is 6.92 Å². The molecule has 3 nitrogen and oxygen atoms in total. The van der Waals surface area contributed by atoms with Crippen LogP contribution in [0.5, 0.6) is 5.75 Å². The van der Waals surface area contributed by atoms with Gasteiger partial charge in [0.15, 0.2) is 0 Å². The fourth-order valence-electron chi connectivity index (χ4n) is 1.99. The molecule has 0 aliphatic rings. The van der Waals surface area contributed by atoms with Gasteiger partial charge in [0.2, 0.25) is 0 Å². The summed E-state index contributed by atoms with van der Waals surface area (Å²) >= 11 is 0.